The molecule has 0 spiro atoms. The summed E-state index contributed by atoms with van der Waals surface area (Å²) in [6.45, 7) is 0.308. The summed E-state index contributed by atoms with van der Waals surface area (Å²) in [4.78, 5) is 11.4. The molecule has 88 valence electrons. The molecule has 0 bridgehead atoms. The molecule has 1 unspecified atom stereocenters. The lowest BCUT2D eigenvalue weighted by Gasteiger charge is -2.15. The minimum absolute atomic E-state index is 0.344. The molecule has 1 atom stereocenters. The van der Waals surface area contributed by atoms with Crippen LogP contribution in [-0.2, 0) is 4.74 Å². The van der Waals surface area contributed by atoms with Crippen molar-refractivity contribution in [3.63, 3.8) is 0 Å². The van der Waals surface area contributed by atoms with Crippen LogP contribution in [0.4, 0.5) is 13.2 Å². The van der Waals surface area contributed by atoms with Gasteiger partial charge in [0.05, 0.1) is 0 Å². The molecule has 5 heteroatoms. The first-order chi connectivity index (χ1) is 7.41. The van der Waals surface area contributed by atoms with E-state index in [4.69, 9.17) is 0 Å². The van der Waals surface area contributed by atoms with Gasteiger partial charge in [0.1, 0.15) is 6.61 Å². The number of alkyl halides is 3. The maximum atomic E-state index is 12.1. The van der Waals surface area contributed by atoms with Crippen molar-refractivity contribution in [2.75, 3.05) is 6.61 Å². The summed E-state index contributed by atoms with van der Waals surface area (Å²) in [6.07, 6.45) is -6.36. The Bertz CT molecular complexity index is 346. The van der Waals surface area contributed by atoms with E-state index in [1.165, 1.54) is 12.1 Å². The Labute approximate surface area is 91.0 Å². The normalized spacial score (nSPS) is 13.5. The SMILES string of the molecule is CC(OCC(=O)c1ccccc1)C(F)(F)F. The Morgan fingerprint density at radius 3 is 2.38 bits per heavy atom. The van der Waals surface area contributed by atoms with Gasteiger partial charge in [-0.3, -0.25) is 4.79 Å². The fraction of sp³-hybridized carbons (Fsp3) is 0.364. The number of carbonyl (C=O) groups is 1. The largest absolute Gasteiger partial charge is 0.414 e. The highest BCUT2D eigenvalue weighted by molar-refractivity contribution is 5.96. The Kier molecular flexibility index (Phi) is 4.06. The number of rotatable bonds is 4. The van der Waals surface area contributed by atoms with Crippen molar-refractivity contribution in [1.29, 1.82) is 0 Å². The van der Waals surface area contributed by atoms with E-state index in [-0.39, 0.29) is 0 Å². The minimum Gasteiger partial charge on any atom is -0.361 e. The first-order valence-corrected chi connectivity index (χ1v) is 4.68. The van der Waals surface area contributed by atoms with Crippen LogP contribution >= 0.6 is 0 Å². The zero-order chi connectivity index (χ0) is 12.2. The van der Waals surface area contributed by atoms with Gasteiger partial charge in [0.2, 0.25) is 0 Å². The Hall–Kier alpha value is -1.36. The van der Waals surface area contributed by atoms with Crippen LogP contribution in [0.5, 0.6) is 0 Å². The van der Waals surface area contributed by atoms with Crippen molar-refractivity contribution in [2.24, 2.45) is 0 Å². The number of benzene rings is 1. The average molecular weight is 232 g/mol. The van der Waals surface area contributed by atoms with E-state index in [1.807, 2.05) is 0 Å². The number of Topliss-reactive ketones (excluding diaryl/α,β-unsaturated/α-hetero) is 1. The number of hydrogen-bond donors (Lipinski definition) is 0. The summed E-state index contributed by atoms with van der Waals surface area (Å²) < 4.78 is 40.6. The molecule has 0 radical (unpaired) electrons. The van der Waals surface area contributed by atoms with E-state index in [9.17, 15) is 18.0 Å². The van der Waals surface area contributed by atoms with Crippen LogP contribution in [0.1, 0.15) is 17.3 Å². The van der Waals surface area contributed by atoms with E-state index >= 15 is 0 Å². The van der Waals surface area contributed by atoms with Gasteiger partial charge in [-0.1, -0.05) is 30.3 Å². The van der Waals surface area contributed by atoms with Gasteiger partial charge >= 0.3 is 6.18 Å². The topological polar surface area (TPSA) is 26.3 Å². The lowest BCUT2D eigenvalue weighted by atomic mass is 10.1. The highest BCUT2D eigenvalue weighted by Crippen LogP contribution is 2.22. The van der Waals surface area contributed by atoms with Crippen molar-refractivity contribution in [2.45, 2.75) is 19.2 Å². The molecule has 1 rings (SSSR count). The van der Waals surface area contributed by atoms with Gasteiger partial charge in [-0.15, -0.1) is 0 Å². The third-order valence-corrected chi connectivity index (χ3v) is 2.02. The molecule has 1 aromatic rings. The number of ketones is 1. The molecular formula is C11H11F3O2. The van der Waals surface area contributed by atoms with E-state index in [0.29, 0.717) is 5.56 Å². The molecule has 0 aliphatic rings. The van der Waals surface area contributed by atoms with Crippen molar-refractivity contribution in [1.82, 2.24) is 0 Å². The van der Waals surface area contributed by atoms with Crippen LogP contribution in [0.25, 0.3) is 0 Å². The molecule has 0 N–H and O–H groups in total. The highest BCUT2D eigenvalue weighted by atomic mass is 19.4. The Balaban J connectivity index is 2.48. The smallest absolute Gasteiger partial charge is 0.361 e. The molecule has 0 fully saturated rings. The fourth-order valence-corrected chi connectivity index (χ4v) is 1.00. The van der Waals surface area contributed by atoms with E-state index < -0.39 is 24.7 Å². The van der Waals surface area contributed by atoms with Crippen LogP contribution in [-0.4, -0.2) is 24.7 Å². The molecule has 0 aromatic heterocycles. The van der Waals surface area contributed by atoms with Crippen molar-refractivity contribution in [3.8, 4) is 0 Å². The van der Waals surface area contributed by atoms with Gasteiger partial charge in [0.25, 0.3) is 0 Å². The van der Waals surface area contributed by atoms with Crippen LogP contribution in [0, 0.1) is 0 Å². The van der Waals surface area contributed by atoms with Crippen molar-refractivity contribution in [3.05, 3.63) is 35.9 Å². The number of ether oxygens (including phenoxy) is 1. The summed E-state index contributed by atoms with van der Waals surface area (Å²) in [6, 6.07) is 8.06. The quantitative estimate of drug-likeness (QED) is 0.746. The fourth-order valence-electron chi connectivity index (χ4n) is 1.00. The Morgan fingerprint density at radius 1 is 1.31 bits per heavy atom. The zero-order valence-electron chi connectivity index (χ0n) is 8.62. The van der Waals surface area contributed by atoms with Gasteiger partial charge in [-0.2, -0.15) is 13.2 Å². The summed E-state index contributed by atoms with van der Waals surface area (Å²) >= 11 is 0. The average Bonchev–Trinajstić information content (AvgIpc) is 2.25. The van der Waals surface area contributed by atoms with Crippen LogP contribution < -0.4 is 0 Å². The minimum atomic E-state index is -4.43. The van der Waals surface area contributed by atoms with Crippen molar-refractivity contribution >= 4 is 5.78 Å². The van der Waals surface area contributed by atoms with Crippen molar-refractivity contribution < 1.29 is 22.7 Å². The second-order valence-electron chi connectivity index (χ2n) is 3.28. The van der Waals surface area contributed by atoms with Gasteiger partial charge in [0.15, 0.2) is 11.9 Å². The van der Waals surface area contributed by atoms with E-state index in [0.717, 1.165) is 6.92 Å². The lowest BCUT2D eigenvalue weighted by molar-refractivity contribution is -0.210. The molecule has 2 nitrogen and oxygen atoms in total. The van der Waals surface area contributed by atoms with Gasteiger partial charge in [-0.05, 0) is 6.92 Å². The molecule has 0 saturated carbocycles. The first kappa shape index (κ1) is 12.7. The third-order valence-electron chi connectivity index (χ3n) is 2.02. The molecule has 16 heavy (non-hydrogen) atoms. The Morgan fingerprint density at radius 2 is 1.88 bits per heavy atom. The van der Waals surface area contributed by atoms with Crippen LogP contribution in [0.2, 0.25) is 0 Å². The standard InChI is InChI=1S/C11H11F3O2/c1-8(11(12,13)14)16-7-10(15)9-5-3-2-4-6-9/h2-6,8H,7H2,1H3. The van der Waals surface area contributed by atoms with Crippen LogP contribution in [0.15, 0.2) is 30.3 Å². The van der Waals surface area contributed by atoms with E-state index in [2.05, 4.69) is 4.74 Å². The lowest BCUT2D eigenvalue weighted by Crippen LogP contribution is -2.30. The number of carbonyl (C=O) groups excluding carboxylic acids is 1. The zero-order valence-corrected chi connectivity index (χ0v) is 8.62. The van der Waals surface area contributed by atoms with E-state index in [1.54, 1.807) is 18.2 Å². The molecule has 0 amide bonds. The summed E-state index contributed by atoms with van der Waals surface area (Å²) in [5, 5.41) is 0. The maximum Gasteiger partial charge on any atom is 0.414 e. The summed E-state index contributed by atoms with van der Waals surface area (Å²) in [5.74, 6) is -0.461. The molecule has 1 aromatic carbocycles. The molecule has 0 aliphatic heterocycles. The maximum absolute atomic E-state index is 12.1. The second-order valence-corrected chi connectivity index (χ2v) is 3.28. The third kappa shape index (κ3) is 3.66. The van der Waals surface area contributed by atoms with Gasteiger partial charge < -0.3 is 4.74 Å². The second kappa shape index (κ2) is 5.12. The summed E-state index contributed by atoms with van der Waals surface area (Å²) in [5.41, 5.74) is 0.344. The first-order valence-electron chi connectivity index (χ1n) is 4.68. The van der Waals surface area contributed by atoms with Gasteiger partial charge in [-0.25, -0.2) is 0 Å². The molecular weight excluding hydrogens is 221 g/mol. The predicted octanol–water partition coefficient (Wildman–Crippen LogP) is 2.84. The van der Waals surface area contributed by atoms with Gasteiger partial charge in [0, 0.05) is 5.56 Å². The monoisotopic (exact) mass is 232 g/mol. The number of hydrogen-bond acceptors (Lipinski definition) is 2. The van der Waals surface area contributed by atoms with Crippen LogP contribution in [0.3, 0.4) is 0 Å². The molecule has 0 heterocycles. The molecule has 0 aliphatic carbocycles. The predicted molar refractivity (Wildman–Crippen MR) is 52.2 cm³/mol. The highest BCUT2D eigenvalue weighted by Gasteiger charge is 2.37. The summed E-state index contributed by atoms with van der Waals surface area (Å²) in [7, 11) is 0. The number of halogens is 3. The molecule has 0 saturated heterocycles.